The number of nitrogens with two attached hydrogens (primary N) is 1. The van der Waals surface area contributed by atoms with Gasteiger partial charge in [-0.25, -0.2) is 4.79 Å². The zero-order valence-corrected chi connectivity index (χ0v) is 17.4. The monoisotopic (exact) mass is 393 g/mol. The standard InChI is InChI=1S/C13H10O3.C12H21N/c14-13(15)10-5-4-8-12(9-10)16-11-6-2-1-3-7-11;1-10-3-9-4-11(2,6-10)8-12(13,5-9)7-10/h1-9H,(H,14,15);9H,3-8,13H2,1-2H3. The van der Waals surface area contributed by atoms with Crippen molar-refractivity contribution in [3.63, 3.8) is 0 Å². The van der Waals surface area contributed by atoms with E-state index in [2.05, 4.69) is 13.8 Å². The molecule has 0 aliphatic heterocycles. The molecular formula is C25H31NO3. The molecule has 2 aromatic rings. The molecule has 0 heterocycles. The number of carboxylic acids is 1. The van der Waals surface area contributed by atoms with Crippen LogP contribution in [0, 0.1) is 16.7 Å². The van der Waals surface area contributed by atoms with Gasteiger partial charge in [0.15, 0.2) is 0 Å². The molecule has 4 heteroatoms. The third-order valence-corrected chi connectivity index (χ3v) is 6.73. The molecule has 4 aliphatic rings. The van der Waals surface area contributed by atoms with Crippen LogP contribution in [0.3, 0.4) is 0 Å². The van der Waals surface area contributed by atoms with Crippen molar-refractivity contribution in [2.45, 2.75) is 57.9 Å². The Hall–Kier alpha value is -2.33. The van der Waals surface area contributed by atoms with Crippen LogP contribution in [-0.2, 0) is 0 Å². The quantitative estimate of drug-likeness (QED) is 0.684. The third kappa shape index (κ3) is 4.48. The highest BCUT2D eigenvalue weighted by molar-refractivity contribution is 5.88. The predicted octanol–water partition coefficient (Wildman–Crippen LogP) is 5.87. The molecule has 0 spiro atoms. The van der Waals surface area contributed by atoms with Crippen molar-refractivity contribution in [2.75, 3.05) is 0 Å². The fraction of sp³-hybridized carbons (Fsp3) is 0.480. The SMILES string of the molecule is CC12CC3CC(C)(C1)CC(N)(C3)C2.O=C(O)c1cccc(Oc2ccccc2)c1. The molecule has 3 N–H and O–H groups in total. The lowest BCUT2D eigenvalue weighted by Crippen LogP contribution is -2.62. The molecule has 29 heavy (non-hydrogen) atoms. The first-order valence-electron chi connectivity index (χ1n) is 10.5. The lowest BCUT2D eigenvalue weighted by atomic mass is 9.43. The van der Waals surface area contributed by atoms with Crippen LogP contribution in [0.5, 0.6) is 11.5 Å². The minimum Gasteiger partial charge on any atom is -0.478 e. The van der Waals surface area contributed by atoms with Crippen molar-refractivity contribution in [1.82, 2.24) is 0 Å². The maximum Gasteiger partial charge on any atom is 0.335 e. The maximum absolute atomic E-state index is 10.8. The second-order valence-corrected chi connectivity index (χ2v) is 10.2. The Kier molecular flexibility index (Phi) is 4.94. The summed E-state index contributed by atoms with van der Waals surface area (Å²) in [6, 6.07) is 15.6. The number of ether oxygens (including phenoxy) is 1. The fourth-order valence-electron chi connectivity index (χ4n) is 6.85. The summed E-state index contributed by atoms with van der Waals surface area (Å²) in [5.74, 6) is 1.20. The van der Waals surface area contributed by atoms with E-state index in [1.54, 1.807) is 12.1 Å². The molecule has 0 amide bonds. The van der Waals surface area contributed by atoms with Gasteiger partial charge < -0.3 is 15.6 Å². The molecule has 0 radical (unpaired) electrons. The van der Waals surface area contributed by atoms with Crippen LogP contribution in [-0.4, -0.2) is 16.6 Å². The van der Waals surface area contributed by atoms with Gasteiger partial charge in [-0.3, -0.25) is 0 Å². The minimum absolute atomic E-state index is 0.216. The summed E-state index contributed by atoms with van der Waals surface area (Å²) in [5.41, 5.74) is 8.13. The molecule has 0 aromatic heterocycles. The highest BCUT2D eigenvalue weighted by atomic mass is 16.5. The van der Waals surface area contributed by atoms with Crippen molar-refractivity contribution < 1.29 is 14.6 Å². The van der Waals surface area contributed by atoms with Gasteiger partial charge in [-0.15, -0.1) is 0 Å². The number of aromatic carboxylic acids is 1. The maximum atomic E-state index is 10.8. The Bertz CT molecular complexity index is 843. The molecule has 6 rings (SSSR count). The van der Waals surface area contributed by atoms with Gasteiger partial charge in [0.2, 0.25) is 0 Å². The van der Waals surface area contributed by atoms with E-state index in [1.165, 1.54) is 50.7 Å². The third-order valence-electron chi connectivity index (χ3n) is 6.73. The van der Waals surface area contributed by atoms with Crippen LogP contribution in [0.4, 0.5) is 0 Å². The molecule has 2 unspecified atom stereocenters. The average molecular weight is 394 g/mol. The highest BCUT2D eigenvalue weighted by Gasteiger charge is 2.58. The van der Waals surface area contributed by atoms with Crippen LogP contribution in [0.25, 0.3) is 0 Å². The number of carboxylic acid groups (broad SMARTS) is 1. The van der Waals surface area contributed by atoms with Crippen molar-refractivity contribution in [3.05, 3.63) is 60.2 Å². The zero-order chi connectivity index (χ0) is 20.7. The van der Waals surface area contributed by atoms with Crippen LogP contribution in [0.15, 0.2) is 54.6 Å². The van der Waals surface area contributed by atoms with Gasteiger partial charge in [0.1, 0.15) is 11.5 Å². The van der Waals surface area contributed by atoms with E-state index >= 15 is 0 Å². The Morgan fingerprint density at radius 1 is 0.931 bits per heavy atom. The Labute approximate surface area is 173 Å². The summed E-state index contributed by atoms with van der Waals surface area (Å²) in [6.45, 7) is 4.94. The van der Waals surface area contributed by atoms with E-state index in [-0.39, 0.29) is 11.1 Å². The van der Waals surface area contributed by atoms with Gasteiger partial charge in [-0.2, -0.15) is 0 Å². The Morgan fingerprint density at radius 2 is 1.55 bits per heavy atom. The van der Waals surface area contributed by atoms with Crippen LogP contribution in [0.1, 0.15) is 62.7 Å². The molecular weight excluding hydrogens is 362 g/mol. The summed E-state index contributed by atoms with van der Waals surface area (Å²) < 4.78 is 5.51. The van der Waals surface area contributed by atoms with Crippen LogP contribution < -0.4 is 10.5 Å². The zero-order valence-electron chi connectivity index (χ0n) is 17.4. The first-order chi connectivity index (χ1) is 13.7. The van der Waals surface area contributed by atoms with Crippen LogP contribution in [0.2, 0.25) is 0 Å². The smallest absolute Gasteiger partial charge is 0.335 e. The molecule has 4 saturated carbocycles. The summed E-state index contributed by atoms with van der Waals surface area (Å²) in [6.07, 6.45) is 8.27. The minimum atomic E-state index is -0.960. The second-order valence-electron chi connectivity index (χ2n) is 10.2. The Morgan fingerprint density at radius 3 is 2.10 bits per heavy atom. The lowest BCUT2D eigenvalue weighted by molar-refractivity contribution is -0.104. The van der Waals surface area contributed by atoms with Gasteiger partial charge in [-0.05, 0) is 85.6 Å². The molecule has 4 aliphatic carbocycles. The fourth-order valence-corrected chi connectivity index (χ4v) is 6.85. The number of carbonyl (C=O) groups is 1. The van der Waals surface area contributed by atoms with Crippen LogP contribution >= 0.6 is 0 Å². The van der Waals surface area contributed by atoms with E-state index in [0.29, 0.717) is 22.3 Å². The summed E-state index contributed by atoms with van der Waals surface area (Å²) in [5, 5.41) is 8.82. The van der Waals surface area contributed by atoms with E-state index in [4.69, 9.17) is 15.6 Å². The lowest BCUT2D eigenvalue weighted by Gasteiger charge is -2.64. The van der Waals surface area contributed by atoms with Gasteiger partial charge in [0.25, 0.3) is 0 Å². The molecule has 2 aromatic carbocycles. The van der Waals surface area contributed by atoms with Crippen molar-refractivity contribution >= 4 is 5.97 Å². The predicted molar refractivity (Wildman–Crippen MR) is 114 cm³/mol. The number of hydrogen-bond acceptors (Lipinski definition) is 3. The molecule has 4 nitrogen and oxygen atoms in total. The summed E-state index contributed by atoms with van der Waals surface area (Å²) in [4.78, 5) is 10.8. The topological polar surface area (TPSA) is 72.6 Å². The highest BCUT2D eigenvalue weighted by Crippen LogP contribution is 2.65. The van der Waals surface area contributed by atoms with Gasteiger partial charge >= 0.3 is 5.97 Å². The van der Waals surface area contributed by atoms with E-state index in [0.717, 1.165) is 5.92 Å². The van der Waals surface area contributed by atoms with Crippen molar-refractivity contribution in [1.29, 1.82) is 0 Å². The molecule has 4 bridgehead atoms. The number of benzene rings is 2. The molecule has 0 saturated heterocycles. The summed E-state index contributed by atoms with van der Waals surface area (Å²) >= 11 is 0. The molecule has 154 valence electrons. The Balaban J connectivity index is 0.000000144. The molecule has 4 fully saturated rings. The number of para-hydroxylation sites is 1. The number of rotatable bonds is 3. The van der Waals surface area contributed by atoms with E-state index in [9.17, 15) is 4.79 Å². The van der Waals surface area contributed by atoms with E-state index < -0.39 is 5.97 Å². The van der Waals surface area contributed by atoms with Gasteiger partial charge in [0.05, 0.1) is 5.56 Å². The van der Waals surface area contributed by atoms with Gasteiger partial charge in [-0.1, -0.05) is 38.1 Å². The molecule has 2 atom stereocenters. The first kappa shape index (κ1) is 20.0. The van der Waals surface area contributed by atoms with Crippen molar-refractivity contribution in [3.8, 4) is 11.5 Å². The average Bonchev–Trinajstić information content (AvgIpc) is 2.59. The van der Waals surface area contributed by atoms with Gasteiger partial charge in [0, 0.05) is 5.54 Å². The number of hydrogen-bond donors (Lipinski definition) is 2. The first-order valence-corrected chi connectivity index (χ1v) is 10.5. The van der Waals surface area contributed by atoms with Crippen molar-refractivity contribution in [2.24, 2.45) is 22.5 Å². The largest absolute Gasteiger partial charge is 0.478 e. The van der Waals surface area contributed by atoms with E-state index in [1.807, 2.05) is 30.3 Å². The second kappa shape index (κ2) is 7.17. The normalized spacial score (nSPS) is 34.2. The summed E-state index contributed by atoms with van der Waals surface area (Å²) in [7, 11) is 0.